The van der Waals surface area contributed by atoms with Crippen LogP contribution in [0.1, 0.15) is 12.5 Å². The minimum atomic E-state index is -0.501. The number of methoxy groups -OCH3 is 1. The Hall–Kier alpha value is -1.48. The summed E-state index contributed by atoms with van der Waals surface area (Å²) in [7, 11) is 1.52. The summed E-state index contributed by atoms with van der Waals surface area (Å²) in [6, 6.07) is 5.30. The first kappa shape index (κ1) is 12.6. The highest BCUT2D eigenvalue weighted by Crippen LogP contribution is 2.28. The van der Waals surface area contributed by atoms with Crippen molar-refractivity contribution in [3.8, 4) is 11.5 Å². The molecule has 0 amide bonds. The molecule has 3 nitrogen and oxygen atoms in total. The average molecular weight is 241 g/mol. The molecule has 0 saturated carbocycles. The van der Waals surface area contributed by atoms with E-state index >= 15 is 0 Å². The standard InChI is InChI=1S/C12H13ClO3/c1-3-4-9-5-6-10(11(7-9)15-2)16-12(14)8-13/h3-7H,8H2,1-2H3/b4-3+. The van der Waals surface area contributed by atoms with Gasteiger partial charge in [-0.3, -0.25) is 4.79 Å². The molecule has 0 spiro atoms. The summed E-state index contributed by atoms with van der Waals surface area (Å²) in [5.74, 6) is 0.203. The van der Waals surface area contributed by atoms with Crippen LogP contribution in [0.2, 0.25) is 0 Å². The molecule has 4 heteroatoms. The predicted molar refractivity (Wildman–Crippen MR) is 64.1 cm³/mol. The third-order valence-electron chi connectivity index (χ3n) is 1.88. The van der Waals surface area contributed by atoms with Crippen LogP contribution in [0.15, 0.2) is 24.3 Å². The number of benzene rings is 1. The summed E-state index contributed by atoms with van der Waals surface area (Å²) in [4.78, 5) is 11.0. The van der Waals surface area contributed by atoms with Gasteiger partial charge in [0.1, 0.15) is 5.88 Å². The summed E-state index contributed by atoms with van der Waals surface area (Å²) in [6.07, 6.45) is 3.84. The Morgan fingerprint density at radius 3 is 2.75 bits per heavy atom. The summed E-state index contributed by atoms with van der Waals surface area (Å²) in [5.41, 5.74) is 0.977. The molecule has 0 aromatic heterocycles. The van der Waals surface area contributed by atoms with Crippen molar-refractivity contribution in [1.29, 1.82) is 0 Å². The third kappa shape index (κ3) is 3.28. The fourth-order valence-electron chi connectivity index (χ4n) is 1.21. The molecule has 0 atom stereocenters. The topological polar surface area (TPSA) is 35.5 Å². The van der Waals surface area contributed by atoms with Gasteiger partial charge in [0.15, 0.2) is 11.5 Å². The highest BCUT2D eigenvalue weighted by molar-refractivity contribution is 6.26. The molecule has 0 saturated heterocycles. The molecule has 0 fully saturated rings. The number of hydrogen-bond acceptors (Lipinski definition) is 3. The first-order valence-electron chi connectivity index (χ1n) is 4.78. The molecular formula is C12H13ClO3. The number of carbonyl (C=O) groups excluding carboxylic acids is 1. The Morgan fingerprint density at radius 1 is 1.44 bits per heavy atom. The summed E-state index contributed by atoms with van der Waals surface area (Å²) < 4.78 is 10.1. The zero-order valence-corrected chi connectivity index (χ0v) is 9.95. The molecule has 0 aliphatic rings. The highest BCUT2D eigenvalue weighted by atomic mass is 35.5. The Kier molecular flexibility index (Phi) is 4.86. The lowest BCUT2D eigenvalue weighted by atomic mass is 10.2. The smallest absolute Gasteiger partial charge is 0.326 e. The van der Waals surface area contributed by atoms with Crippen LogP contribution in [0.4, 0.5) is 0 Å². The Labute approximate surface area is 99.6 Å². The van der Waals surface area contributed by atoms with E-state index < -0.39 is 5.97 Å². The SMILES string of the molecule is C/C=C/c1ccc(OC(=O)CCl)c(OC)c1. The lowest BCUT2D eigenvalue weighted by Crippen LogP contribution is -2.09. The van der Waals surface area contributed by atoms with Crippen LogP contribution in [0, 0.1) is 0 Å². The van der Waals surface area contributed by atoms with Crippen LogP contribution >= 0.6 is 11.6 Å². The largest absolute Gasteiger partial charge is 0.493 e. The van der Waals surface area contributed by atoms with Gasteiger partial charge in [0.2, 0.25) is 0 Å². The van der Waals surface area contributed by atoms with Gasteiger partial charge in [-0.05, 0) is 24.6 Å². The van der Waals surface area contributed by atoms with E-state index in [4.69, 9.17) is 21.1 Å². The van der Waals surface area contributed by atoms with E-state index in [0.717, 1.165) is 5.56 Å². The highest BCUT2D eigenvalue weighted by Gasteiger charge is 2.08. The van der Waals surface area contributed by atoms with E-state index in [0.29, 0.717) is 11.5 Å². The number of rotatable bonds is 4. The molecular weight excluding hydrogens is 228 g/mol. The van der Waals surface area contributed by atoms with Gasteiger partial charge in [-0.25, -0.2) is 0 Å². The van der Waals surface area contributed by atoms with E-state index in [1.54, 1.807) is 12.1 Å². The molecule has 0 heterocycles. The van der Waals surface area contributed by atoms with E-state index in [-0.39, 0.29) is 5.88 Å². The zero-order valence-electron chi connectivity index (χ0n) is 9.20. The number of alkyl halides is 1. The first-order chi connectivity index (χ1) is 7.71. The molecule has 86 valence electrons. The number of hydrogen-bond donors (Lipinski definition) is 0. The molecule has 0 aliphatic heterocycles. The molecule has 16 heavy (non-hydrogen) atoms. The fraction of sp³-hybridized carbons (Fsp3) is 0.250. The molecule has 0 N–H and O–H groups in total. The Morgan fingerprint density at radius 2 is 2.19 bits per heavy atom. The molecule has 0 aliphatic carbocycles. The maximum atomic E-state index is 11.0. The van der Waals surface area contributed by atoms with Crippen molar-refractivity contribution in [3.05, 3.63) is 29.8 Å². The second-order valence-electron chi connectivity index (χ2n) is 3.02. The van der Waals surface area contributed by atoms with Crippen molar-refractivity contribution in [1.82, 2.24) is 0 Å². The van der Waals surface area contributed by atoms with Crippen molar-refractivity contribution in [2.24, 2.45) is 0 Å². The number of ether oxygens (including phenoxy) is 2. The van der Waals surface area contributed by atoms with Gasteiger partial charge in [0.25, 0.3) is 0 Å². The van der Waals surface area contributed by atoms with Gasteiger partial charge < -0.3 is 9.47 Å². The minimum absolute atomic E-state index is 0.181. The molecule has 0 bridgehead atoms. The van der Waals surface area contributed by atoms with E-state index in [2.05, 4.69) is 0 Å². The van der Waals surface area contributed by atoms with E-state index in [9.17, 15) is 4.79 Å². The zero-order chi connectivity index (χ0) is 12.0. The van der Waals surface area contributed by atoms with Crippen LogP contribution in [0.5, 0.6) is 11.5 Å². The minimum Gasteiger partial charge on any atom is -0.493 e. The Bertz CT molecular complexity index is 399. The monoisotopic (exact) mass is 240 g/mol. The maximum absolute atomic E-state index is 11.0. The maximum Gasteiger partial charge on any atom is 0.326 e. The molecule has 0 radical (unpaired) electrons. The van der Waals surface area contributed by atoms with Gasteiger partial charge in [0, 0.05) is 0 Å². The van der Waals surface area contributed by atoms with Crippen LogP contribution in [0.25, 0.3) is 6.08 Å². The Balaban J connectivity index is 2.97. The quantitative estimate of drug-likeness (QED) is 0.461. The van der Waals surface area contributed by atoms with Crippen LogP contribution in [-0.2, 0) is 4.79 Å². The van der Waals surface area contributed by atoms with Crippen LogP contribution < -0.4 is 9.47 Å². The number of allylic oxidation sites excluding steroid dienone is 1. The van der Waals surface area contributed by atoms with Crippen molar-refractivity contribution in [2.45, 2.75) is 6.92 Å². The normalized spacial score (nSPS) is 10.4. The van der Waals surface area contributed by atoms with Crippen molar-refractivity contribution >= 4 is 23.6 Å². The van der Waals surface area contributed by atoms with Crippen molar-refractivity contribution < 1.29 is 14.3 Å². The third-order valence-corrected chi connectivity index (χ3v) is 2.10. The van der Waals surface area contributed by atoms with Gasteiger partial charge in [-0.15, -0.1) is 11.6 Å². The molecule has 1 aromatic rings. The second-order valence-corrected chi connectivity index (χ2v) is 3.29. The lowest BCUT2D eigenvalue weighted by Gasteiger charge is -2.08. The first-order valence-corrected chi connectivity index (χ1v) is 5.32. The average Bonchev–Trinajstić information content (AvgIpc) is 2.31. The molecule has 1 aromatic carbocycles. The number of carbonyl (C=O) groups is 1. The summed E-state index contributed by atoms with van der Waals surface area (Å²) in [6.45, 7) is 1.92. The van der Waals surface area contributed by atoms with Gasteiger partial charge in [0.05, 0.1) is 7.11 Å². The molecule has 0 unspecified atom stereocenters. The van der Waals surface area contributed by atoms with Crippen molar-refractivity contribution in [3.63, 3.8) is 0 Å². The fourth-order valence-corrected chi connectivity index (χ4v) is 1.27. The van der Waals surface area contributed by atoms with Crippen LogP contribution in [-0.4, -0.2) is 19.0 Å². The van der Waals surface area contributed by atoms with Gasteiger partial charge in [-0.1, -0.05) is 18.2 Å². The van der Waals surface area contributed by atoms with Crippen molar-refractivity contribution in [2.75, 3.05) is 13.0 Å². The predicted octanol–water partition coefficient (Wildman–Crippen LogP) is 2.87. The van der Waals surface area contributed by atoms with Crippen LogP contribution in [0.3, 0.4) is 0 Å². The lowest BCUT2D eigenvalue weighted by molar-refractivity contribution is -0.131. The van der Waals surface area contributed by atoms with E-state index in [1.807, 2.05) is 25.1 Å². The second kappa shape index (κ2) is 6.18. The van der Waals surface area contributed by atoms with Gasteiger partial charge in [-0.2, -0.15) is 0 Å². The van der Waals surface area contributed by atoms with Gasteiger partial charge >= 0.3 is 5.97 Å². The number of halogens is 1. The number of esters is 1. The summed E-state index contributed by atoms with van der Waals surface area (Å²) >= 11 is 5.35. The van der Waals surface area contributed by atoms with E-state index in [1.165, 1.54) is 7.11 Å². The summed E-state index contributed by atoms with van der Waals surface area (Å²) in [5, 5.41) is 0. The molecule has 1 rings (SSSR count).